The summed E-state index contributed by atoms with van der Waals surface area (Å²) in [5.41, 5.74) is 1.52. The number of aliphatic imine (C=N–C) groups is 1. The maximum atomic E-state index is 13.1. The van der Waals surface area contributed by atoms with Gasteiger partial charge in [-0.25, -0.2) is 8.42 Å². The van der Waals surface area contributed by atoms with Crippen LogP contribution in [0.3, 0.4) is 0 Å². The van der Waals surface area contributed by atoms with Gasteiger partial charge in [-0.05, 0) is 43.4 Å². The number of anilines is 1. The fourth-order valence-corrected chi connectivity index (χ4v) is 5.27. The zero-order chi connectivity index (χ0) is 26.2. The van der Waals surface area contributed by atoms with E-state index >= 15 is 0 Å². The molecule has 37 heavy (non-hydrogen) atoms. The molecule has 0 bridgehead atoms. The molecule has 1 unspecified atom stereocenters. The van der Waals surface area contributed by atoms with Crippen molar-refractivity contribution in [1.29, 1.82) is 5.26 Å². The molecule has 10 nitrogen and oxygen atoms in total. The van der Waals surface area contributed by atoms with Gasteiger partial charge in [0.1, 0.15) is 0 Å². The third kappa shape index (κ3) is 10.9. The lowest BCUT2D eigenvalue weighted by Gasteiger charge is -2.29. The molecule has 1 aromatic carbocycles. The number of aromatic nitrogens is 1. The van der Waals surface area contributed by atoms with Gasteiger partial charge >= 0.3 is 0 Å². The van der Waals surface area contributed by atoms with Crippen LogP contribution in [0.25, 0.3) is 0 Å². The van der Waals surface area contributed by atoms with E-state index in [1.807, 2.05) is 18.2 Å². The van der Waals surface area contributed by atoms with Gasteiger partial charge in [0.2, 0.25) is 22.2 Å². The highest BCUT2D eigenvalue weighted by molar-refractivity contribution is 7.88. The van der Waals surface area contributed by atoms with Crippen molar-refractivity contribution in [3.8, 4) is 6.19 Å². The quantitative estimate of drug-likeness (QED) is 0.123. The molecule has 0 radical (unpaired) electrons. The average molecular weight is 529 g/mol. The lowest BCUT2D eigenvalue weighted by Crippen LogP contribution is -2.38. The van der Waals surface area contributed by atoms with E-state index in [0.717, 1.165) is 54.2 Å². The molecule has 0 saturated carbocycles. The number of pyridine rings is 1. The Bertz CT molecular complexity index is 1090. The van der Waals surface area contributed by atoms with Crippen LogP contribution in [0.15, 0.2) is 59.9 Å². The number of rotatable bonds is 14. The van der Waals surface area contributed by atoms with Gasteiger partial charge in [0.25, 0.3) is 0 Å². The summed E-state index contributed by atoms with van der Waals surface area (Å²) in [6, 6.07) is 12.7. The number of unbranched alkanes of at least 4 members (excludes halogenated alkanes) is 4. The minimum atomic E-state index is -3.65. The number of hydrogen-bond acceptors (Lipinski definition) is 7. The number of hydrogen-bond donors (Lipinski definition) is 2. The second-order valence-electron chi connectivity index (χ2n) is 8.79. The Morgan fingerprint density at radius 3 is 2.59 bits per heavy atom. The molecular weight excluding hydrogens is 492 g/mol. The van der Waals surface area contributed by atoms with Gasteiger partial charge in [0, 0.05) is 44.2 Å². The molecular formula is C26H36N6O4S. The first-order valence-electron chi connectivity index (χ1n) is 12.8. The highest BCUT2D eigenvalue weighted by atomic mass is 32.2. The highest BCUT2D eigenvalue weighted by Gasteiger charge is 2.28. The first-order chi connectivity index (χ1) is 18.1. The van der Waals surface area contributed by atoms with Crippen LogP contribution in [0, 0.1) is 11.5 Å². The molecule has 2 aromatic rings. The largest absolute Gasteiger partial charge is 0.355 e. The monoisotopic (exact) mass is 528 g/mol. The van der Waals surface area contributed by atoms with Gasteiger partial charge < -0.3 is 15.4 Å². The number of sulfonamides is 1. The van der Waals surface area contributed by atoms with Crippen molar-refractivity contribution in [3.05, 3.63) is 60.4 Å². The molecule has 0 aliphatic carbocycles. The summed E-state index contributed by atoms with van der Waals surface area (Å²) in [6.07, 6.45) is 11.6. The first kappa shape index (κ1) is 28.5. The molecule has 2 heterocycles. The summed E-state index contributed by atoms with van der Waals surface area (Å²) in [6.45, 7) is 1.55. The normalized spacial score (nSPS) is 16.3. The van der Waals surface area contributed by atoms with Gasteiger partial charge in [-0.15, -0.1) is 4.99 Å². The van der Waals surface area contributed by atoms with Crippen molar-refractivity contribution < 1.29 is 18.0 Å². The summed E-state index contributed by atoms with van der Waals surface area (Å²) in [5.74, 6) is 0.293. The maximum absolute atomic E-state index is 13.1. The Morgan fingerprint density at radius 2 is 1.86 bits per heavy atom. The molecule has 1 fully saturated rings. The molecule has 1 atom stereocenters. The topological polar surface area (TPSA) is 129 Å². The molecule has 1 aliphatic rings. The molecule has 11 heteroatoms. The number of nitriles is 1. The van der Waals surface area contributed by atoms with Crippen LogP contribution in [0.5, 0.6) is 0 Å². The Balaban J connectivity index is 1.39. The van der Waals surface area contributed by atoms with Gasteiger partial charge in [-0.2, -0.15) is 5.26 Å². The third-order valence-electron chi connectivity index (χ3n) is 5.79. The fraction of sp³-hybridized carbons (Fsp3) is 0.500. The van der Waals surface area contributed by atoms with Crippen molar-refractivity contribution in [3.63, 3.8) is 0 Å². The SMILES string of the molecule is N#C/N=C(\NCCCCCCCN(OC1CCCCO1)S(=O)(=O)Cc1ccccc1)Nc1ccncc1. The Kier molecular flexibility index (Phi) is 12.3. The van der Waals surface area contributed by atoms with Crippen molar-refractivity contribution in [2.24, 2.45) is 4.99 Å². The third-order valence-corrected chi connectivity index (χ3v) is 7.38. The molecule has 200 valence electrons. The summed E-state index contributed by atoms with van der Waals surface area (Å²) < 4.78 is 33.0. The molecule has 0 spiro atoms. The van der Waals surface area contributed by atoms with Crippen LogP contribution in [-0.2, 0) is 25.4 Å². The van der Waals surface area contributed by atoms with Crippen molar-refractivity contribution in [2.45, 2.75) is 63.4 Å². The van der Waals surface area contributed by atoms with Gasteiger partial charge in [0.05, 0.1) is 5.75 Å². The molecule has 1 aromatic heterocycles. The van der Waals surface area contributed by atoms with Crippen molar-refractivity contribution in [2.75, 3.05) is 25.0 Å². The number of nitrogens with one attached hydrogen (secondary N) is 2. The zero-order valence-electron chi connectivity index (χ0n) is 21.1. The van der Waals surface area contributed by atoms with Crippen LogP contribution in [-0.4, -0.2) is 49.8 Å². The molecule has 1 aliphatic heterocycles. The van der Waals surface area contributed by atoms with E-state index in [4.69, 9.17) is 14.8 Å². The van der Waals surface area contributed by atoms with E-state index in [-0.39, 0.29) is 5.75 Å². The molecule has 3 rings (SSSR count). The predicted octanol–water partition coefficient (Wildman–Crippen LogP) is 4.16. The summed E-state index contributed by atoms with van der Waals surface area (Å²) in [5, 5.41) is 15.1. The number of hydroxylamine groups is 1. The summed E-state index contributed by atoms with van der Waals surface area (Å²) >= 11 is 0. The van der Waals surface area contributed by atoms with E-state index in [2.05, 4.69) is 20.6 Å². The van der Waals surface area contributed by atoms with Crippen LogP contribution in [0.4, 0.5) is 5.69 Å². The second-order valence-corrected chi connectivity index (χ2v) is 10.6. The van der Waals surface area contributed by atoms with Gasteiger partial charge in [0.15, 0.2) is 6.29 Å². The average Bonchev–Trinajstić information content (AvgIpc) is 2.91. The standard InChI is InChI=1S/C26H36N6O4S/c27-22-30-26(31-24-14-17-28-18-15-24)29-16-8-2-1-3-9-19-32(36-25-13-7-10-20-35-25)37(33,34)21-23-11-5-4-6-12-23/h4-6,11-12,14-15,17-18,25H,1-3,7-10,13,16,19-21H2,(H2,28,29,30,31). The van der Waals surface area contributed by atoms with Crippen LogP contribution >= 0.6 is 0 Å². The minimum absolute atomic E-state index is 0.105. The van der Waals surface area contributed by atoms with Gasteiger partial charge in [-0.3, -0.25) is 9.82 Å². The van der Waals surface area contributed by atoms with Crippen molar-refractivity contribution in [1.82, 2.24) is 14.8 Å². The first-order valence-corrected chi connectivity index (χ1v) is 14.4. The van der Waals surface area contributed by atoms with E-state index in [1.165, 1.54) is 0 Å². The fourth-order valence-electron chi connectivity index (χ4n) is 3.88. The lowest BCUT2D eigenvalue weighted by atomic mass is 10.1. The zero-order valence-corrected chi connectivity index (χ0v) is 21.9. The minimum Gasteiger partial charge on any atom is -0.355 e. The number of benzene rings is 1. The lowest BCUT2D eigenvalue weighted by molar-refractivity contribution is -0.252. The smallest absolute Gasteiger partial charge is 0.240 e. The number of guanidine groups is 1. The Morgan fingerprint density at radius 1 is 1.11 bits per heavy atom. The molecule has 0 amide bonds. The summed E-state index contributed by atoms with van der Waals surface area (Å²) in [4.78, 5) is 13.6. The highest BCUT2D eigenvalue weighted by Crippen LogP contribution is 2.20. The van der Waals surface area contributed by atoms with E-state index in [9.17, 15) is 8.42 Å². The second kappa shape index (κ2) is 15.9. The number of ether oxygens (including phenoxy) is 1. The van der Waals surface area contributed by atoms with E-state index in [1.54, 1.807) is 42.9 Å². The maximum Gasteiger partial charge on any atom is 0.240 e. The van der Waals surface area contributed by atoms with Gasteiger partial charge in [-0.1, -0.05) is 54.1 Å². The van der Waals surface area contributed by atoms with Crippen molar-refractivity contribution >= 4 is 21.7 Å². The van der Waals surface area contributed by atoms with E-state index < -0.39 is 16.3 Å². The summed E-state index contributed by atoms with van der Waals surface area (Å²) in [7, 11) is -3.65. The van der Waals surface area contributed by atoms with Crippen LogP contribution < -0.4 is 10.6 Å². The molecule has 1 saturated heterocycles. The number of nitrogens with zero attached hydrogens (tertiary/aromatic N) is 4. The van der Waals surface area contributed by atoms with E-state index in [0.29, 0.717) is 38.5 Å². The Labute approximate surface area is 219 Å². The molecule has 2 N–H and O–H groups in total. The van der Waals surface area contributed by atoms with Crippen LogP contribution in [0.2, 0.25) is 0 Å². The Hall–Kier alpha value is -3.04. The van der Waals surface area contributed by atoms with Crippen LogP contribution in [0.1, 0.15) is 56.9 Å². The predicted molar refractivity (Wildman–Crippen MR) is 142 cm³/mol.